The summed E-state index contributed by atoms with van der Waals surface area (Å²) in [7, 11) is 0. The third-order valence-corrected chi connectivity index (χ3v) is 2.08. The van der Waals surface area contributed by atoms with Crippen LogP contribution in [0.25, 0.3) is 0 Å². The lowest BCUT2D eigenvalue weighted by atomic mass is 9.88. The Morgan fingerprint density at radius 3 is 2.50 bits per heavy atom. The summed E-state index contributed by atoms with van der Waals surface area (Å²) in [5.41, 5.74) is 1.27. The first-order valence-corrected chi connectivity index (χ1v) is 4.42. The molecule has 12 heavy (non-hydrogen) atoms. The highest BCUT2D eigenvalue weighted by Crippen LogP contribution is 2.23. The zero-order chi connectivity index (χ0) is 9.61. The van der Waals surface area contributed by atoms with Gasteiger partial charge in [0.2, 0.25) is 0 Å². The van der Waals surface area contributed by atoms with Gasteiger partial charge in [-0.1, -0.05) is 31.6 Å². The van der Waals surface area contributed by atoms with Crippen LogP contribution in [0.1, 0.15) is 33.6 Å². The normalized spacial score (nSPS) is 13.2. The topological polar surface area (TPSA) is 20.2 Å². The molecular weight excluding hydrogens is 148 g/mol. The molecule has 0 atom stereocenters. The van der Waals surface area contributed by atoms with Crippen LogP contribution in [0.2, 0.25) is 0 Å². The van der Waals surface area contributed by atoms with Crippen molar-refractivity contribution in [3.63, 3.8) is 0 Å². The predicted octanol–water partition coefficient (Wildman–Crippen LogP) is 2.92. The van der Waals surface area contributed by atoms with Crippen LogP contribution in [0.3, 0.4) is 0 Å². The van der Waals surface area contributed by atoms with Gasteiger partial charge in [0.05, 0.1) is 6.61 Å². The monoisotopic (exact) mass is 168 g/mol. The van der Waals surface area contributed by atoms with Crippen LogP contribution in [-0.2, 0) is 0 Å². The molecule has 0 saturated carbocycles. The minimum atomic E-state index is 0.175. The van der Waals surface area contributed by atoms with Crippen molar-refractivity contribution in [1.82, 2.24) is 0 Å². The molecule has 0 aliphatic heterocycles. The number of aliphatic hydroxyl groups is 1. The summed E-state index contributed by atoms with van der Waals surface area (Å²) >= 11 is 0. The standard InChI is InChI=1S/C11H20O/c1-5-11(3,4)8-6-7-10(2)9-12/h5,7,12H,1,6,8-9H2,2-4H3. The maximum atomic E-state index is 8.73. The lowest BCUT2D eigenvalue weighted by Gasteiger charge is -2.18. The number of rotatable bonds is 5. The number of allylic oxidation sites excluding steroid dienone is 2. The Morgan fingerprint density at radius 1 is 1.50 bits per heavy atom. The fourth-order valence-corrected chi connectivity index (χ4v) is 0.857. The Labute approximate surface area is 75.8 Å². The summed E-state index contributed by atoms with van der Waals surface area (Å²) in [6, 6.07) is 0. The predicted molar refractivity (Wildman–Crippen MR) is 54.1 cm³/mol. The Balaban J connectivity index is 3.77. The van der Waals surface area contributed by atoms with Crippen molar-refractivity contribution >= 4 is 0 Å². The molecule has 0 saturated heterocycles. The van der Waals surface area contributed by atoms with E-state index in [-0.39, 0.29) is 12.0 Å². The maximum absolute atomic E-state index is 8.73. The molecule has 0 radical (unpaired) electrons. The minimum Gasteiger partial charge on any atom is -0.392 e. The van der Waals surface area contributed by atoms with Gasteiger partial charge in [0.25, 0.3) is 0 Å². The highest BCUT2D eigenvalue weighted by atomic mass is 16.3. The first kappa shape index (κ1) is 11.4. The van der Waals surface area contributed by atoms with Crippen molar-refractivity contribution in [3.05, 3.63) is 24.3 Å². The third-order valence-electron chi connectivity index (χ3n) is 2.08. The van der Waals surface area contributed by atoms with E-state index in [4.69, 9.17) is 5.11 Å². The minimum absolute atomic E-state index is 0.175. The molecule has 0 unspecified atom stereocenters. The van der Waals surface area contributed by atoms with Crippen LogP contribution < -0.4 is 0 Å². The highest BCUT2D eigenvalue weighted by Gasteiger charge is 2.10. The average Bonchev–Trinajstić information content (AvgIpc) is 2.04. The van der Waals surface area contributed by atoms with Gasteiger partial charge in [0.1, 0.15) is 0 Å². The quantitative estimate of drug-likeness (QED) is 0.626. The van der Waals surface area contributed by atoms with E-state index in [0.717, 1.165) is 18.4 Å². The number of hydrogen-bond acceptors (Lipinski definition) is 1. The van der Waals surface area contributed by atoms with Gasteiger partial charge in [-0.3, -0.25) is 0 Å². The van der Waals surface area contributed by atoms with Crippen molar-refractivity contribution in [2.45, 2.75) is 33.6 Å². The average molecular weight is 168 g/mol. The zero-order valence-corrected chi connectivity index (χ0v) is 8.43. The molecule has 0 rings (SSSR count). The second-order valence-electron chi connectivity index (χ2n) is 3.94. The summed E-state index contributed by atoms with van der Waals surface area (Å²) < 4.78 is 0. The van der Waals surface area contributed by atoms with Crippen molar-refractivity contribution < 1.29 is 5.11 Å². The molecule has 70 valence electrons. The molecule has 1 nitrogen and oxygen atoms in total. The molecule has 0 fully saturated rings. The lowest BCUT2D eigenvalue weighted by Crippen LogP contribution is -2.05. The van der Waals surface area contributed by atoms with Crippen LogP contribution in [-0.4, -0.2) is 11.7 Å². The first-order valence-electron chi connectivity index (χ1n) is 4.42. The molecule has 1 heteroatoms. The second kappa shape index (κ2) is 5.15. The van der Waals surface area contributed by atoms with Gasteiger partial charge < -0.3 is 5.11 Å². The number of aliphatic hydroxyl groups excluding tert-OH is 1. The van der Waals surface area contributed by atoms with Gasteiger partial charge >= 0.3 is 0 Å². The maximum Gasteiger partial charge on any atom is 0.0639 e. The molecule has 0 aromatic rings. The van der Waals surface area contributed by atoms with E-state index in [1.165, 1.54) is 0 Å². The van der Waals surface area contributed by atoms with Crippen LogP contribution in [0, 0.1) is 5.41 Å². The largest absolute Gasteiger partial charge is 0.392 e. The van der Waals surface area contributed by atoms with Gasteiger partial charge in [0.15, 0.2) is 0 Å². The molecule has 0 aromatic carbocycles. The van der Waals surface area contributed by atoms with E-state index in [0.29, 0.717) is 0 Å². The Bertz CT molecular complexity index is 166. The molecule has 0 spiro atoms. The summed E-state index contributed by atoms with van der Waals surface area (Å²) in [5, 5.41) is 8.73. The van der Waals surface area contributed by atoms with Gasteiger partial charge in [0, 0.05) is 0 Å². The molecule has 0 aromatic heterocycles. The van der Waals surface area contributed by atoms with Crippen LogP contribution >= 0.6 is 0 Å². The molecule has 1 N–H and O–H groups in total. The van der Waals surface area contributed by atoms with Crippen molar-refractivity contribution in [2.75, 3.05) is 6.61 Å². The Kier molecular flexibility index (Phi) is 4.91. The van der Waals surface area contributed by atoms with E-state index in [1.807, 2.05) is 13.0 Å². The fourth-order valence-electron chi connectivity index (χ4n) is 0.857. The van der Waals surface area contributed by atoms with E-state index >= 15 is 0 Å². The van der Waals surface area contributed by atoms with Crippen molar-refractivity contribution in [2.24, 2.45) is 5.41 Å². The molecule has 0 amide bonds. The number of hydrogen-bond donors (Lipinski definition) is 1. The Morgan fingerprint density at radius 2 is 2.08 bits per heavy atom. The smallest absolute Gasteiger partial charge is 0.0639 e. The summed E-state index contributed by atoms with van der Waals surface area (Å²) in [6.07, 6.45) is 6.18. The first-order chi connectivity index (χ1) is 5.52. The fraction of sp³-hybridized carbons (Fsp3) is 0.636. The summed E-state index contributed by atoms with van der Waals surface area (Å²) in [6.45, 7) is 10.2. The van der Waals surface area contributed by atoms with E-state index in [2.05, 4.69) is 26.5 Å². The van der Waals surface area contributed by atoms with E-state index in [1.54, 1.807) is 0 Å². The van der Waals surface area contributed by atoms with Crippen molar-refractivity contribution in [3.8, 4) is 0 Å². The van der Waals surface area contributed by atoms with E-state index in [9.17, 15) is 0 Å². The van der Waals surface area contributed by atoms with E-state index < -0.39 is 0 Å². The van der Waals surface area contributed by atoms with Crippen LogP contribution in [0.4, 0.5) is 0 Å². The van der Waals surface area contributed by atoms with Gasteiger partial charge in [-0.15, -0.1) is 6.58 Å². The third kappa shape index (κ3) is 5.14. The van der Waals surface area contributed by atoms with Crippen LogP contribution in [0.5, 0.6) is 0 Å². The SMILES string of the molecule is C=CC(C)(C)CCC=C(C)CO. The van der Waals surface area contributed by atoms with Gasteiger partial charge in [-0.05, 0) is 25.2 Å². The summed E-state index contributed by atoms with van der Waals surface area (Å²) in [4.78, 5) is 0. The van der Waals surface area contributed by atoms with Gasteiger partial charge in [-0.25, -0.2) is 0 Å². The lowest BCUT2D eigenvalue weighted by molar-refractivity contribution is 0.330. The molecule has 0 aliphatic rings. The molecular formula is C11H20O. The molecule has 0 heterocycles. The molecule has 0 bridgehead atoms. The van der Waals surface area contributed by atoms with Gasteiger partial charge in [-0.2, -0.15) is 0 Å². The highest BCUT2D eigenvalue weighted by molar-refractivity contribution is 4.99. The Hall–Kier alpha value is -0.560. The molecule has 0 aliphatic carbocycles. The zero-order valence-electron chi connectivity index (χ0n) is 8.43. The summed E-state index contributed by atoms with van der Waals surface area (Å²) in [5.74, 6) is 0. The van der Waals surface area contributed by atoms with Crippen molar-refractivity contribution in [1.29, 1.82) is 0 Å². The van der Waals surface area contributed by atoms with Crippen LogP contribution in [0.15, 0.2) is 24.3 Å². The second-order valence-corrected chi connectivity index (χ2v) is 3.94.